The monoisotopic (exact) mass is 287 g/mol. The fourth-order valence-corrected chi connectivity index (χ4v) is 2.54. The highest BCUT2D eigenvalue weighted by Gasteiger charge is 2.24. The summed E-state index contributed by atoms with van der Waals surface area (Å²) in [6, 6.07) is 6.49. The quantitative estimate of drug-likeness (QED) is 0.851. The van der Waals surface area contributed by atoms with Crippen LogP contribution in [0.15, 0.2) is 30.5 Å². The van der Waals surface area contributed by atoms with Gasteiger partial charge >= 0.3 is 0 Å². The molecule has 1 unspecified atom stereocenters. The first-order valence-corrected chi connectivity index (χ1v) is 7.06. The standard InChI is InChI=1S/C16H18FN3O/c1-11-9-18-19-16(12(11)2)20-7-8-21-15(10-20)13-3-5-14(17)6-4-13/h3-6,9,15H,7-8,10H2,1-2H3. The van der Waals surface area contributed by atoms with E-state index in [2.05, 4.69) is 22.0 Å². The van der Waals surface area contributed by atoms with Gasteiger partial charge in [0.05, 0.1) is 12.8 Å². The third-order valence-corrected chi connectivity index (χ3v) is 3.94. The van der Waals surface area contributed by atoms with Crippen LogP contribution in [0.3, 0.4) is 0 Å². The second-order valence-corrected chi connectivity index (χ2v) is 5.33. The lowest BCUT2D eigenvalue weighted by Gasteiger charge is -2.34. The molecule has 1 aliphatic heterocycles. The first-order chi connectivity index (χ1) is 10.1. The molecule has 1 saturated heterocycles. The average Bonchev–Trinajstić information content (AvgIpc) is 2.51. The zero-order valence-corrected chi connectivity index (χ0v) is 12.2. The average molecular weight is 287 g/mol. The van der Waals surface area contributed by atoms with Crippen molar-refractivity contribution in [1.29, 1.82) is 0 Å². The maximum atomic E-state index is 13.0. The van der Waals surface area contributed by atoms with Crippen molar-refractivity contribution in [3.8, 4) is 0 Å². The van der Waals surface area contributed by atoms with E-state index in [1.807, 2.05) is 6.92 Å². The van der Waals surface area contributed by atoms with Crippen molar-refractivity contribution in [3.05, 3.63) is 53.0 Å². The van der Waals surface area contributed by atoms with E-state index in [1.54, 1.807) is 18.3 Å². The molecule has 21 heavy (non-hydrogen) atoms. The minimum absolute atomic E-state index is 0.0685. The topological polar surface area (TPSA) is 38.2 Å². The van der Waals surface area contributed by atoms with Crippen molar-refractivity contribution in [3.63, 3.8) is 0 Å². The number of hydrogen-bond acceptors (Lipinski definition) is 4. The third-order valence-electron chi connectivity index (χ3n) is 3.94. The second-order valence-electron chi connectivity index (χ2n) is 5.33. The van der Waals surface area contributed by atoms with Crippen LogP contribution in [0.5, 0.6) is 0 Å². The number of benzene rings is 1. The molecular formula is C16H18FN3O. The van der Waals surface area contributed by atoms with Crippen molar-refractivity contribution in [1.82, 2.24) is 10.2 Å². The molecule has 0 spiro atoms. The van der Waals surface area contributed by atoms with Gasteiger partial charge < -0.3 is 9.64 Å². The van der Waals surface area contributed by atoms with E-state index in [0.29, 0.717) is 13.2 Å². The summed E-state index contributed by atoms with van der Waals surface area (Å²) in [5.74, 6) is 0.678. The van der Waals surface area contributed by atoms with Crippen LogP contribution in [-0.2, 0) is 4.74 Å². The van der Waals surface area contributed by atoms with Crippen molar-refractivity contribution in [2.24, 2.45) is 0 Å². The van der Waals surface area contributed by atoms with Gasteiger partial charge in [-0.25, -0.2) is 4.39 Å². The molecule has 0 aliphatic carbocycles. The smallest absolute Gasteiger partial charge is 0.154 e. The Labute approximate surface area is 123 Å². The van der Waals surface area contributed by atoms with Gasteiger partial charge in [-0.1, -0.05) is 12.1 Å². The van der Waals surface area contributed by atoms with E-state index in [1.165, 1.54) is 12.1 Å². The molecule has 0 radical (unpaired) electrons. The molecule has 110 valence electrons. The lowest BCUT2D eigenvalue weighted by molar-refractivity contribution is 0.0394. The molecule has 0 N–H and O–H groups in total. The summed E-state index contributed by atoms with van der Waals surface area (Å²) < 4.78 is 18.8. The van der Waals surface area contributed by atoms with Gasteiger partial charge in [-0.15, -0.1) is 5.10 Å². The Morgan fingerprint density at radius 2 is 2.00 bits per heavy atom. The number of anilines is 1. The predicted octanol–water partition coefficient (Wildman–Crippen LogP) is 2.81. The molecule has 1 fully saturated rings. The minimum Gasteiger partial charge on any atom is -0.370 e. The molecule has 1 atom stereocenters. The van der Waals surface area contributed by atoms with Crippen LogP contribution in [-0.4, -0.2) is 29.9 Å². The fraction of sp³-hybridized carbons (Fsp3) is 0.375. The van der Waals surface area contributed by atoms with E-state index >= 15 is 0 Å². The maximum Gasteiger partial charge on any atom is 0.154 e. The Hall–Kier alpha value is -2.01. The van der Waals surface area contributed by atoms with Crippen LogP contribution in [0.25, 0.3) is 0 Å². The molecule has 1 aromatic heterocycles. The molecular weight excluding hydrogens is 269 g/mol. The highest BCUT2D eigenvalue weighted by molar-refractivity contribution is 5.48. The molecule has 1 aliphatic rings. The first-order valence-electron chi connectivity index (χ1n) is 7.06. The second kappa shape index (κ2) is 5.77. The summed E-state index contributed by atoms with van der Waals surface area (Å²) in [5, 5.41) is 8.31. The molecule has 1 aromatic carbocycles. The van der Waals surface area contributed by atoms with Crippen LogP contribution in [0, 0.1) is 19.7 Å². The van der Waals surface area contributed by atoms with Gasteiger partial charge in [0.15, 0.2) is 5.82 Å². The molecule has 2 heterocycles. The number of morpholine rings is 1. The lowest BCUT2D eigenvalue weighted by atomic mass is 10.1. The van der Waals surface area contributed by atoms with Gasteiger partial charge in [0, 0.05) is 13.1 Å². The van der Waals surface area contributed by atoms with Gasteiger partial charge in [0.2, 0.25) is 0 Å². The third kappa shape index (κ3) is 2.88. The molecule has 5 heteroatoms. The van der Waals surface area contributed by atoms with Crippen molar-refractivity contribution in [2.45, 2.75) is 20.0 Å². The zero-order valence-electron chi connectivity index (χ0n) is 12.2. The van der Waals surface area contributed by atoms with Gasteiger partial charge in [-0.3, -0.25) is 0 Å². The Morgan fingerprint density at radius 3 is 2.76 bits per heavy atom. The number of halogens is 1. The molecule has 3 rings (SSSR count). The number of hydrogen-bond donors (Lipinski definition) is 0. The van der Waals surface area contributed by atoms with Crippen molar-refractivity contribution >= 4 is 5.82 Å². The summed E-state index contributed by atoms with van der Waals surface area (Å²) in [6.45, 7) is 6.20. The largest absolute Gasteiger partial charge is 0.370 e. The van der Waals surface area contributed by atoms with E-state index < -0.39 is 0 Å². The predicted molar refractivity (Wildman–Crippen MR) is 78.8 cm³/mol. The number of nitrogens with zero attached hydrogens (tertiary/aromatic N) is 3. The summed E-state index contributed by atoms with van der Waals surface area (Å²) in [5.41, 5.74) is 3.26. The van der Waals surface area contributed by atoms with E-state index in [4.69, 9.17) is 4.74 Å². The van der Waals surface area contributed by atoms with Crippen molar-refractivity contribution < 1.29 is 9.13 Å². The van der Waals surface area contributed by atoms with E-state index in [9.17, 15) is 4.39 Å². The van der Waals surface area contributed by atoms with Crippen LogP contribution < -0.4 is 4.90 Å². The number of aromatic nitrogens is 2. The van der Waals surface area contributed by atoms with Gasteiger partial charge in [-0.2, -0.15) is 5.10 Å². The normalized spacial score (nSPS) is 18.8. The summed E-state index contributed by atoms with van der Waals surface area (Å²) >= 11 is 0. The SMILES string of the molecule is Cc1cnnc(N2CCOC(c3ccc(F)cc3)C2)c1C. The Balaban J connectivity index is 1.82. The van der Waals surface area contributed by atoms with Crippen LogP contribution in [0.2, 0.25) is 0 Å². The van der Waals surface area contributed by atoms with E-state index in [-0.39, 0.29) is 11.9 Å². The molecule has 2 aromatic rings. The Morgan fingerprint density at radius 1 is 1.24 bits per heavy atom. The number of ether oxygens (including phenoxy) is 1. The van der Waals surface area contributed by atoms with Gasteiger partial charge in [0.1, 0.15) is 11.9 Å². The minimum atomic E-state index is -0.230. The summed E-state index contributed by atoms with van der Waals surface area (Å²) in [7, 11) is 0. The van der Waals surface area contributed by atoms with Crippen LogP contribution >= 0.6 is 0 Å². The summed E-state index contributed by atoms with van der Waals surface area (Å²) in [4.78, 5) is 2.19. The zero-order chi connectivity index (χ0) is 14.8. The van der Waals surface area contributed by atoms with Gasteiger partial charge in [0.25, 0.3) is 0 Å². The van der Waals surface area contributed by atoms with E-state index in [0.717, 1.165) is 29.1 Å². The summed E-state index contributed by atoms with van der Waals surface area (Å²) in [6.07, 6.45) is 1.71. The van der Waals surface area contributed by atoms with Crippen molar-refractivity contribution in [2.75, 3.05) is 24.6 Å². The Kier molecular flexibility index (Phi) is 3.84. The molecule has 0 saturated carbocycles. The Bertz CT molecular complexity index is 630. The highest BCUT2D eigenvalue weighted by Crippen LogP contribution is 2.27. The molecule has 0 amide bonds. The lowest BCUT2D eigenvalue weighted by Crippen LogP contribution is -2.39. The van der Waals surface area contributed by atoms with Crippen LogP contribution in [0.4, 0.5) is 10.2 Å². The first kappa shape index (κ1) is 13.9. The molecule has 4 nitrogen and oxygen atoms in total. The van der Waals surface area contributed by atoms with Crippen LogP contribution in [0.1, 0.15) is 22.8 Å². The number of aryl methyl sites for hydroxylation is 1. The fourth-order valence-electron chi connectivity index (χ4n) is 2.54. The molecule has 0 bridgehead atoms. The van der Waals surface area contributed by atoms with Gasteiger partial charge in [-0.05, 0) is 42.7 Å². The number of rotatable bonds is 2. The maximum absolute atomic E-state index is 13.0. The highest BCUT2D eigenvalue weighted by atomic mass is 19.1.